The van der Waals surface area contributed by atoms with E-state index in [4.69, 9.17) is 37.0 Å². The summed E-state index contributed by atoms with van der Waals surface area (Å²) in [6.07, 6.45) is 61.4. The highest BCUT2D eigenvalue weighted by Crippen LogP contribution is 2.45. The fourth-order valence-electron chi connectivity index (χ4n) is 12.9. The zero-order valence-electron chi connectivity index (χ0n) is 68.0. The van der Waals surface area contributed by atoms with Crippen molar-refractivity contribution in [3.63, 3.8) is 0 Å². The molecule has 103 heavy (non-hydrogen) atoms. The lowest BCUT2D eigenvalue weighted by Gasteiger charge is -2.21. The maximum Gasteiger partial charge on any atom is 0.472 e. The van der Waals surface area contributed by atoms with Gasteiger partial charge < -0.3 is 33.8 Å². The summed E-state index contributed by atoms with van der Waals surface area (Å²) in [6.45, 7) is 14.3. The number of hydrogen-bond donors (Lipinski definition) is 3. The Morgan fingerprint density at radius 3 is 0.689 bits per heavy atom. The van der Waals surface area contributed by atoms with Gasteiger partial charge in [-0.25, -0.2) is 9.13 Å². The lowest BCUT2D eigenvalue weighted by Crippen LogP contribution is -2.30. The summed E-state index contributed by atoms with van der Waals surface area (Å²) < 4.78 is 68.7. The van der Waals surface area contributed by atoms with Crippen molar-refractivity contribution in [2.24, 2.45) is 23.7 Å². The first kappa shape index (κ1) is 101. The molecule has 0 heterocycles. The molecule has 5 unspecified atom stereocenters. The van der Waals surface area contributed by atoms with Gasteiger partial charge in [-0.1, -0.05) is 383 Å². The number of rotatable bonds is 81. The minimum Gasteiger partial charge on any atom is -0.462 e. The largest absolute Gasteiger partial charge is 0.472 e. The number of phosphoric acid groups is 2. The van der Waals surface area contributed by atoms with Crippen LogP contribution in [0.1, 0.15) is 434 Å². The number of aliphatic hydroxyl groups is 1. The van der Waals surface area contributed by atoms with E-state index in [0.29, 0.717) is 31.6 Å². The van der Waals surface area contributed by atoms with E-state index in [9.17, 15) is 43.2 Å². The Kier molecular flexibility index (Phi) is 71.5. The molecule has 0 aromatic carbocycles. The molecule has 0 radical (unpaired) electrons. The van der Waals surface area contributed by atoms with Crippen LogP contribution in [0, 0.1) is 23.7 Å². The van der Waals surface area contributed by atoms with Gasteiger partial charge in [-0.3, -0.25) is 37.3 Å². The molecule has 612 valence electrons. The minimum absolute atomic E-state index is 0.107. The van der Waals surface area contributed by atoms with Crippen LogP contribution in [-0.2, 0) is 65.4 Å². The number of carbonyl (C=O) groups is 4. The molecule has 0 rings (SSSR count). The lowest BCUT2D eigenvalue weighted by atomic mass is 9.99. The molecule has 0 aliphatic heterocycles. The topological polar surface area (TPSA) is 237 Å². The molecular weight excluding hydrogens is 1340 g/mol. The molecule has 0 aliphatic carbocycles. The molecule has 0 aliphatic rings. The Balaban J connectivity index is 5.11. The van der Waals surface area contributed by atoms with Gasteiger partial charge in [-0.2, -0.15) is 0 Å². The van der Waals surface area contributed by atoms with Gasteiger partial charge in [0.05, 0.1) is 26.4 Å². The van der Waals surface area contributed by atoms with Crippen LogP contribution in [0.3, 0.4) is 0 Å². The SMILES string of the molecule is CCC(C)CCCCCCCCCCCCCCCCCCCCC(=O)O[C@H](COC(=O)CCCCCCCCC(C)C)COP(=O)(O)OC[C@@H](O)COP(=O)(O)OC[C@@H](COC(=O)CCCCCCCCC(C)CC)OC(=O)CCCCCCCCCCCCCCCCCCCCC(C)CC. The van der Waals surface area contributed by atoms with Crippen LogP contribution in [0.15, 0.2) is 0 Å². The second kappa shape index (κ2) is 72.9. The Labute approximate surface area is 632 Å². The quantitative estimate of drug-likeness (QED) is 0.0222. The Morgan fingerprint density at radius 1 is 0.272 bits per heavy atom. The summed E-state index contributed by atoms with van der Waals surface area (Å²) in [5.74, 6) is 1.04. The second-order valence-corrected chi connectivity index (χ2v) is 34.3. The second-order valence-electron chi connectivity index (χ2n) is 31.4. The zero-order valence-corrected chi connectivity index (χ0v) is 69.7. The Hall–Kier alpha value is -1.94. The van der Waals surface area contributed by atoms with E-state index in [1.165, 1.54) is 225 Å². The molecule has 19 heteroatoms. The first-order valence-corrected chi connectivity index (χ1v) is 46.3. The smallest absolute Gasteiger partial charge is 0.462 e. The third-order valence-electron chi connectivity index (χ3n) is 20.7. The van der Waals surface area contributed by atoms with Crippen molar-refractivity contribution in [1.29, 1.82) is 0 Å². The van der Waals surface area contributed by atoms with Crippen LogP contribution < -0.4 is 0 Å². The maximum absolute atomic E-state index is 13.1. The first-order valence-electron chi connectivity index (χ1n) is 43.3. The molecule has 0 saturated carbocycles. The number of carbonyl (C=O) groups excluding carboxylic acids is 4. The van der Waals surface area contributed by atoms with Gasteiger partial charge in [0.1, 0.15) is 19.3 Å². The Morgan fingerprint density at radius 2 is 0.466 bits per heavy atom. The molecule has 0 aromatic heterocycles. The van der Waals surface area contributed by atoms with Crippen molar-refractivity contribution in [3.8, 4) is 0 Å². The van der Waals surface area contributed by atoms with E-state index in [0.717, 1.165) is 120 Å². The molecular formula is C84H164O17P2. The van der Waals surface area contributed by atoms with E-state index < -0.39 is 97.5 Å². The predicted molar refractivity (Wildman–Crippen MR) is 423 cm³/mol. The molecule has 0 aromatic rings. The normalized spacial score (nSPS) is 14.8. The standard InChI is InChI=1S/C84H164O17P2/c1-9-75(6)61-53-45-36-32-28-24-20-16-12-14-18-22-26-30-34-38-50-58-66-83(88)100-79(70-94-81(86)64-56-48-42-40-44-52-60-74(4)5)72-98-102(90,91)96-68-78(85)69-97-103(92,93)99-73-80(71-95-82(87)65-57-49-43-41-47-55-63-77(8)11-3)101-84(89)67-59-51-39-35-31-27-23-19-15-13-17-21-25-29-33-37-46-54-62-76(7)10-2/h74-80,85H,9-73H2,1-8H3,(H,90,91)(H,92,93)/t75?,76?,77?,78-,79-,80-/m1/s1. The molecule has 0 bridgehead atoms. The van der Waals surface area contributed by atoms with Crippen molar-refractivity contribution in [3.05, 3.63) is 0 Å². The average Bonchev–Trinajstić information content (AvgIpc) is 0.907. The van der Waals surface area contributed by atoms with Gasteiger partial charge in [0.15, 0.2) is 12.2 Å². The van der Waals surface area contributed by atoms with Crippen LogP contribution >= 0.6 is 15.6 Å². The summed E-state index contributed by atoms with van der Waals surface area (Å²) in [7, 11) is -9.92. The van der Waals surface area contributed by atoms with Crippen molar-refractivity contribution < 1.29 is 80.2 Å². The summed E-state index contributed by atoms with van der Waals surface area (Å²) >= 11 is 0. The number of ether oxygens (including phenoxy) is 4. The molecule has 3 N–H and O–H groups in total. The molecule has 17 nitrogen and oxygen atoms in total. The fourth-order valence-corrected chi connectivity index (χ4v) is 14.4. The maximum atomic E-state index is 13.1. The van der Waals surface area contributed by atoms with Gasteiger partial charge in [0, 0.05) is 25.7 Å². The molecule has 0 spiro atoms. The zero-order chi connectivity index (χ0) is 76.0. The van der Waals surface area contributed by atoms with Gasteiger partial charge in [0.25, 0.3) is 0 Å². The van der Waals surface area contributed by atoms with E-state index in [-0.39, 0.29) is 25.7 Å². The van der Waals surface area contributed by atoms with Crippen LogP contribution in [0.25, 0.3) is 0 Å². The summed E-state index contributed by atoms with van der Waals surface area (Å²) in [5, 5.41) is 10.6. The monoisotopic (exact) mass is 1510 g/mol. The van der Waals surface area contributed by atoms with Gasteiger partial charge in [-0.15, -0.1) is 0 Å². The number of esters is 4. The van der Waals surface area contributed by atoms with E-state index in [2.05, 4.69) is 55.4 Å². The molecule has 8 atom stereocenters. The van der Waals surface area contributed by atoms with Crippen LogP contribution in [0.2, 0.25) is 0 Å². The van der Waals surface area contributed by atoms with E-state index in [1.807, 2.05) is 0 Å². The fraction of sp³-hybridized carbons (Fsp3) is 0.952. The predicted octanol–water partition coefficient (Wildman–Crippen LogP) is 25.2. The highest BCUT2D eigenvalue weighted by atomic mass is 31.2. The highest BCUT2D eigenvalue weighted by molar-refractivity contribution is 7.47. The molecule has 0 amide bonds. The van der Waals surface area contributed by atoms with Gasteiger partial charge >= 0.3 is 39.5 Å². The van der Waals surface area contributed by atoms with E-state index in [1.54, 1.807) is 0 Å². The summed E-state index contributed by atoms with van der Waals surface area (Å²) in [6, 6.07) is 0. The van der Waals surface area contributed by atoms with Crippen LogP contribution in [-0.4, -0.2) is 96.7 Å². The molecule has 0 saturated heterocycles. The number of phosphoric ester groups is 2. The Bertz CT molecular complexity index is 2010. The average molecular weight is 1510 g/mol. The highest BCUT2D eigenvalue weighted by Gasteiger charge is 2.30. The van der Waals surface area contributed by atoms with Crippen molar-refractivity contribution in [1.82, 2.24) is 0 Å². The van der Waals surface area contributed by atoms with Crippen molar-refractivity contribution >= 4 is 39.5 Å². The lowest BCUT2D eigenvalue weighted by molar-refractivity contribution is -0.161. The first-order chi connectivity index (χ1) is 49.7. The van der Waals surface area contributed by atoms with E-state index >= 15 is 0 Å². The van der Waals surface area contributed by atoms with Crippen molar-refractivity contribution in [2.75, 3.05) is 39.6 Å². The third-order valence-corrected chi connectivity index (χ3v) is 22.6. The van der Waals surface area contributed by atoms with Crippen molar-refractivity contribution in [2.45, 2.75) is 453 Å². The summed E-state index contributed by atoms with van der Waals surface area (Å²) in [5.41, 5.74) is 0. The third kappa shape index (κ3) is 74.0. The molecule has 0 fully saturated rings. The van der Waals surface area contributed by atoms with Gasteiger partial charge in [0.2, 0.25) is 0 Å². The number of aliphatic hydroxyl groups excluding tert-OH is 1. The number of unbranched alkanes of at least 4 members (excludes halogenated alkanes) is 44. The van der Waals surface area contributed by atoms with Gasteiger partial charge in [-0.05, 0) is 49.4 Å². The minimum atomic E-state index is -4.96. The summed E-state index contributed by atoms with van der Waals surface area (Å²) in [4.78, 5) is 73.0. The number of hydrogen-bond acceptors (Lipinski definition) is 15. The van der Waals surface area contributed by atoms with Crippen LogP contribution in [0.4, 0.5) is 0 Å². The van der Waals surface area contributed by atoms with Crippen LogP contribution in [0.5, 0.6) is 0 Å².